The molecule has 8 aliphatic rings. The van der Waals surface area contributed by atoms with Crippen molar-refractivity contribution in [1.82, 2.24) is 16.0 Å². The van der Waals surface area contributed by atoms with Crippen LogP contribution < -0.4 is 16.0 Å². The zero-order chi connectivity index (χ0) is 96.6. The summed E-state index contributed by atoms with van der Waals surface area (Å²) < 4.78 is 97.0. The van der Waals surface area contributed by atoms with Crippen molar-refractivity contribution >= 4 is 17.7 Å². The molecule has 0 spiro atoms. The van der Waals surface area contributed by atoms with Crippen molar-refractivity contribution < 1.29 is 203 Å². The number of rotatable bonds is 56. The molecular weight excluding hydrogens is 1750 g/mol. The summed E-state index contributed by atoms with van der Waals surface area (Å²) in [6.45, 7) is 1.84. The summed E-state index contributed by atoms with van der Waals surface area (Å²) in [7, 11) is 0. The Balaban J connectivity index is 0.973. The lowest BCUT2D eigenvalue weighted by Crippen LogP contribution is -2.72. The quantitative estimate of drug-likeness (QED) is 0.0201. The van der Waals surface area contributed by atoms with Crippen molar-refractivity contribution in [3.8, 4) is 0 Å². The van der Waals surface area contributed by atoms with E-state index in [9.17, 15) is 127 Å². The Morgan fingerprint density at radius 2 is 0.629 bits per heavy atom. The molecule has 0 saturated carbocycles. The fourth-order valence-corrected chi connectivity index (χ4v) is 17.9. The number of nitrogens with one attached hydrogen (secondary N) is 3. The van der Waals surface area contributed by atoms with Crippen LogP contribution in [0.1, 0.15) is 221 Å². The van der Waals surface area contributed by atoms with Crippen LogP contribution in [0.5, 0.6) is 0 Å². The van der Waals surface area contributed by atoms with Crippen LogP contribution in [0.3, 0.4) is 0 Å². The molecule has 8 fully saturated rings. The molecular formula is C88H157N3O41. The summed E-state index contributed by atoms with van der Waals surface area (Å²) in [5.41, 5.74) is 0. The second-order valence-corrected chi connectivity index (χ2v) is 36.2. The molecule has 8 rings (SSSR count). The predicted octanol–water partition coefficient (Wildman–Crippen LogP) is -4.72. The highest BCUT2D eigenvalue weighted by molar-refractivity contribution is 5.76. The zero-order valence-corrected chi connectivity index (χ0v) is 76.7. The molecule has 0 aromatic carbocycles. The Labute approximate surface area is 770 Å². The van der Waals surface area contributed by atoms with Crippen molar-refractivity contribution in [2.24, 2.45) is 0 Å². The fraction of sp³-hybridized carbons (Fsp3) is 0.943. The minimum absolute atomic E-state index is 0.148. The maximum atomic E-state index is 13.6. The van der Waals surface area contributed by atoms with E-state index < -0.39 is 316 Å². The third-order valence-corrected chi connectivity index (χ3v) is 25.9. The average molecular weight is 1910 g/mol. The molecule has 25 N–H and O–H groups in total. The summed E-state index contributed by atoms with van der Waals surface area (Å²) in [5, 5.41) is 257. The van der Waals surface area contributed by atoms with E-state index in [0.29, 0.717) is 12.8 Å². The highest BCUT2D eigenvalue weighted by Gasteiger charge is 2.61. The second kappa shape index (κ2) is 58.1. The topological polar surface area (TPSA) is 680 Å². The van der Waals surface area contributed by atoms with Gasteiger partial charge in [0, 0.05) is 20.3 Å². The van der Waals surface area contributed by atoms with Gasteiger partial charge in [-0.25, -0.2) is 0 Å². The molecule has 44 nitrogen and oxygen atoms in total. The van der Waals surface area contributed by atoms with Gasteiger partial charge >= 0.3 is 0 Å². The normalized spacial score (nSPS) is 40.4. The summed E-state index contributed by atoms with van der Waals surface area (Å²) >= 11 is 0. The summed E-state index contributed by atoms with van der Waals surface area (Å²) in [5.74, 6) is -2.28. The number of hydrogen-bond donors (Lipinski definition) is 25. The minimum Gasteiger partial charge on any atom is -0.394 e. The van der Waals surface area contributed by atoms with Gasteiger partial charge in [0.1, 0.15) is 183 Å². The Kier molecular flexibility index (Phi) is 50.2. The van der Waals surface area contributed by atoms with Crippen LogP contribution in [0.4, 0.5) is 0 Å². The maximum Gasteiger partial charge on any atom is 0.220 e. The molecule has 132 heavy (non-hydrogen) atoms. The first kappa shape index (κ1) is 114. The lowest BCUT2D eigenvalue weighted by Gasteiger charge is -2.52. The highest BCUT2D eigenvalue weighted by atomic mass is 16.8. The molecule has 8 heterocycles. The van der Waals surface area contributed by atoms with E-state index in [4.69, 9.17) is 75.8 Å². The number of unbranched alkanes of at least 4 members (excludes halogenated alkanes) is 25. The van der Waals surface area contributed by atoms with Crippen LogP contribution in [0.15, 0.2) is 12.2 Å². The van der Waals surface area contributed by atoms with Crippen molar-refractivity contribution in [3.05, 3.63) is 12.2 Å². The van der Waals surface area contributed by atoms with Crippen LogP contribution in [0.25, 0.3) is 0 Å². The molecule has 8 aliphatic heterocycles. The molecule has 0 aromatic heterocycles. The van der Waals surface area contributed by atoms with Gasteiger partial charge in [0.15, 0.2) is 50.3 Å². The van der Waals surface area contributed by atoms with Gasteiger partial charge in [-0.3, -0.25) is 14.4 Å². The molecule has 3 amide bonds. The Hall–Kier alpha value is -3.37. The van der Waals surface area contributed by atoms with Crippen LogP contribution in [0, 0.1) is 0 Å². The van der Waals surface area contributed by atoms with E-state index in [2.05, 4.69) is 29.8 Å². The molecule has 0 aromatic rings. The van der Waals surface area contributed by atoms with Gasteiger partial charge in [-0.15, -0.1) is 0 Å². The van der Waals surface area contributed by atoms with Crippen molar-refractivity contribution in [1.29, 1.82) is 0 Å². The maximum absolute atomic E-state index is 13.6. The van der Waals surface area contributed by atoms with Crippen LogP contribution in [-0.2, 0) is 90.2 Å². The predicted molar refractivity (Wildman–Crippen MR) is 456 cm³/mol. The number of hydrogen-bond acceptors (Lipinski definition) is 41. The SMILES string of the molecule is CCCCCCCCCCCCC/C=C/[C@@H](O)[C@H](CO[C@@H]1OC(CO)[C@@H](O[C@@H]2OC(CO)[C@H](O)[C@H](O[C@@H]3OC(CO)[C@@H](O)[C@H](O[C@@H]4OC(CO)[C@H](O)[C@H](O[C@@H]5OC(CO)[C@@H](O[C@@H]6OC(CO)[C@H](O)[C@H](O)C6O[C@H]6OC(C)[C@@H](O)C(O)[C@@H]6O)[C@H](O[C@H]6OC(C)[C@@H](O)C(O)[C@@H]6O)C5NC(C)=O)C4O)C3NC(C)=O)C2O)[C@H](O)C1O)NC(=O)CCCCCCCCCCCCCCCCC. The molecule has 44 heteroatoms. The first-order valence-corrected chi connectivity index (χ1v) is 47.7. The first-order chi connectivity index (χ1) is 63.2. The van der Waals surface area contributed by atoms with Crippen LogP contribution in [-0.4, -0.2) is 434 Å². The number of carbonyl (C=O) groups excluding carboxylic acids is 3. The van der Waals surface area contributed by atoms with E-state index in [1.54, 1.807) is 6.08 Å². The Morgan fingerprint density at radius 3 is 1.07 bits per heavy atom. The number of ether oxygens (including phenoxy) is 16. The van der Waals surface area contributed by atoms with Crippen molar-refractivity contribution in [2.45, 2.75) is 479 Å². The standard InChI is InChI=1S/C88H157N3O41/c1-7-9-11-13-15-17-19-21-22-24-26-28-30-32-34-36-56(101)91-48(49(100)35-33-31-29-27-25-23-20-18-16-14-12-10-8-2)43-117-83-71(114)68(111)74(54(41-96)125-83)126-86-72(115)78(63(106)52(39-94)121-86)130-81-57(89-46(5)98)76(62(105)51(38-93)120-81)128-87-73(116)79(64(107)53(40-95)122-87)131-82-58(90-47(6)99)77(129-84-69(112)65(108)59(102)44(3)118-84)75(55(42-97)124-82)127-88-80(67(110)61(104)50(37-92)123-88)132-85-70(113)66(109)60(103)45(4)119-85/h33,35,44-45,48-55,57-88,92-97,100,102-116H,7-32,34,36-43H2,1-6H3,(H,89,98)(H,90,99)(H,91,101)/b35-33+/t44?,45?,48-,49+,50?,51?,52?,53?,54?,55?,57?,58?,59+,60+,61-,62+,63-,64-,65?,66?,67-,68+,69-,70-,71?,72?,73?,74+,75+,76+,77+,78-,79-,80?,81-,82-,83+,84+,85+,86-,87-,88-/m0/s1. The number of carbonyl (C=O) groups is 3. The monoisotopic (exact) mass is 1910 g/mol. The molecule has 0 aliphatic carbocycles. The van der Waals surface area contributed by atoms with Gasteiger partial charge in [-0.05, 0) is 33.1 Å². The van der Waals surface area contributed by atoms with Crippen LogP contribution >= 0.6 is 0 Å². The lowest BCUT2D eigenvalue weighted by atomic mass is 9.93. The average Bonchev–Trinajstić information content (AvgIpc) is 0.759. The number of allylic oxidation sites excluding steroid dienone is 1. The highest BCUT2D eigenvalue weighted by Crippen LogP contribution is 2.41. The Bertz CT molecular complexity index is 3230. The lowest BCUT2D eigenvalue weighted by molar-refractivity contribution is -0.401. The molecule has 0 radical (unpaired) electrons. The van der Waals surface area contributed by atoms with E-state index in [-0.39, 0.29) is 12.3 Å². The summed E-state index contributed by atoms with van der Waals surface area (Å²) in [6, 6.07) is -5.05. The molecule has 16 unspecified atom stereocenters. The van der Waals surface area contributed by atoms with Gasteiger partial charge in [-0.1, -0.05) is 180 Å². The number of aliphatic hydroxyl groups is 22. The smallest absolute Gasteiger partial charge is 0.220 e. The molecule has 0 bridgehead atoms. The summed E-state index contributed by atoms with van der Waals surface area (Å²) in [4.78, 5) is 40.6. The minimum atomic E-state index is -2.44. The van der Waals surface area contributed by atoms with Gasteiger partial charge in [0.2, 0.25) is 17.7 Å². The Morgan fingerprint density at radius 1 is 0.311 bits per heavy atom. The number of aliphatic hydroxyl groups excluding tert-OH is 22. The van der Waals surface area contributed by atoms with Crippen molar-refractivity contribution in [3.63, 3.8) is 0 Å². The largest absolute Gasteiger partial charge is 0.394 e. The molecule has 770 valence electrons. The van der Waals surface area contributed by atoms with E-state index in [0.717, 1.165) is 71.6 Å². The van der Waals surface area contributed by atoms with E-state index in [1.807, 2.05) is 6.08 Å². The fourth-order valence-electron chi connectivity index (χ4n) is 17.9. The van der Waals surface area contributed by atoms with E-state index >= 15 is 0 Å². The second-order valence-electron chi connectivity index (χ2n) is 36.2. The molecule has 8 saturated heterocycles. The van der Waals surface area contributed by atoms with Gasteiger partial charge in [0.25, 0.3) is 0 Å². The van der Waals surface area contributed by atoms with Crippen molar-refractivity contribution in [2.75, 3.05) is 46.2 Å². The van der Waals surface area contributed by atoms with Gasteiger partial charge in [0.05, 0.1) is 70.6 Å². The number of amides is 3. The third-order valence-electron chi connectivity index (χ3n) is 25.9. The zero-order valence-electron chi connectivity index (χ0n) is 76.7. The van der Waals surface area contributed by atoms with Crippen LogP contribution in [0.2, 0.25) is 0 Å². The van der Waals surface area contributed by atoms with E-state index in [1.165, 1.54) is 117 Å². The van der Waals surface area contributed by atoms with Gasteiger partial charge in [-0.2, -0.15) is 0 Å². The summed E-state index contributed by atoms with van der Waals surface area (Å²) in [6.07, 6.45) is -43.2. The van der Waals surface area contributed by atoms with Gasteiger partial charge < -0.3 is 204 Å². The third kappa shape index (κ3) is 32.1. The first-order valence-electron chi connectivity index (χ1n) is 47.7. The molecule has 42 atom stereocenters.